The third-order valence-corrected chi connectivity index (χ3v) is 4.26. The number of benzene rings is 1. The van der Waals surface area contributed by atoms with Crippen molar-refractivity contribution >= 4 is 29.1 Å². The summed E-state index contributed by atoms with van der Waals surface area (Å²) in [4.78, 5) is 11.9. The summed E-state index contributed by atoms with van der Waals surface area (Å²) in [7, 11) is 0. The zero-order valence-electron chi connectivity index (χ0n) is 10.5. The van der Waals surface area contributed by atoms with Crippen LogP contribution in [0, 0.1) is 5.92 Å². The molecule has 2 unspecified atom stereocenters. The molecule has 0 spiro atoms. The monoisotopic (exact) mass is 301 g/mol. The molecule has 1 aromatic rings. The summed E-state index contributed by atoms with van der Waals surface area (Å²) < 4.78 is 0. The van der Waals surface area contributed by atoms with Gasteiger partial charge in [-0.3, -0.25) is 4.79 Å². The molecule has 1 aliphatic carbocycles. The summed E-state index contributed by atoms with van der Waals surface area (Å²) in [6.07, 6.45) is 2.49. The van der Waals surface area contributed by atoms with Gasteiger partial charge in [0.05, 0.1) is 12.0 Å². The van der Waals surface area contributed by atoms with E-state index in [9.17, 15) is 9.90 Å². The maximum atomic E-state index is 11.9. The van der Waals surface area contributed by atoms with Crippen LogP contribution >= 0.6 is 23.2 Å². The van der Waals surface area contributed by atoms with E-state index in [4.69, 9.17) is 23.2 Å². The zero-order chi connectivity index (χ0) is 13.8. The number of carbonyl (C=O) groups is 1. The number of nitrogens with one attached hydrogen (secondary N) is 1. The summed E-state index contributed by atoms with van der Waals surface area (Å²) in [6.45, 7) is 0.478. The number of halogens is 2. The maximum Gasteiger partial charge on any atom is 0.225 e. The first-order valence-corrected chi connectivity index (χ1v) is 7.24. The van der Waals surface area contributed by atoms with Gasteiger partial charge < -0.3 is 10.4 Å². The van der Waals surface area contributed by atoms with Crippen LogP contribution in [0.15, 0.2) is 18.2 Å². The second-order valence-corrected chi connectivity index (χ2v) is 5.66. The topological polar surface area (TPSA) is 49.3 Å². The average molecular weight is 302 g/mol. The van der Waals surface area contributed by atoms with Crippen molar-refractivity contribution in [3.05, 3.63) is 33.8 Å². The van der Waals surface area contributed by atoms with Crippen molar-refractivity contribution in [2.75, 3.05) is 6.54 Å². The highest BCUT2D eigenvalue weighted by molar-refractivity contribution is 6.35. The third-order valence-electron chi connectivity index (χ3n) is 3.55. The van der Waals surface area contributed by atoms with Gasteiger partial charge in [0.25, 0.3) is 0 Å². The molecular weight excluding hydrogens is 285 g/mol. The van der Waals surface area contributed by atoms with Crippen molar-refractivity contribution in [3.8, 4) is 0 Å². The summed E-state index contributed by atoms with van der Waals surface area (Å²) in [5.41, 5.74) is 0.845. The van der Waals surface area contributed by atoms with Gasteiger partial charge in [-0.2, -0.15) is 0 Å². The Morgan fingerprint density at radius 3 is 2.58 bits per heavy atom. The van der Waals surface area contributed by atoms with Gasteiger partial charge in [0.2, 0.25) is 5.91 Å². The second kappa shape index (κ2) is 6.60. The van der Waals surface area contributed by atoms with Crippen LogP contribution in [-0.4, -0.2) is 23.7 Å². The fourth-order valence-electron chi connectivity index (χ4n) is 2.46. The molecule has 2 N–H and O–H groups in total. The van der Waals surface area contributed by atoms with Gasteiger partial charge >= 0.3 is 0 Å². The Morgan fingerprint density at radius 1 is 1.32 bits per heavy atom. The molecule has 0 aromatic heterocycles. The molecule has 3 nitrogen and oxygen atoms in total. The molecule has 104 valence electrons. The van der Waals surface area contributed by atoms with Crippen LogP contribution in [0.1, 0.15) is 24.8 Å². The van der Waals surface area contributed by atoms with E-state index in [1.807, 2.05) is 0 Å². The minimum Gasteiger partial charge on any atom is -0.392 e. The fraction of sp³-hybridized carbons (Fsp3) is 0.500. The van der Waals surface area contributed by atoms with E-state index in [0.717, 1.165) is 18.4 Å². The molecule has 1 amide bonds. The van der Waals surface area contributed by atoms with Crippen LogP contribution in [0.5, 0.6) is 0 Å². The summed E-state index contributed by atoms with van der Waals surface area (Å²) in [5.74, 6) is -0.338. The Bertz CT molecular complexity index is 445. The lowest BCUT2D eigenvalue weighted by molar-refractivity contribution is -0.127. The lowest BCUT2D eigenvalue weighted by Crippen LogP contribution is -2.35. The Kier molecular flexibility index (Phi) is 5.08. The van der Waals surface area contributed by atoms with Crippen LogP contribution < -0.4 is 5.32 Å². The van der Waals surface area contributed by atoms with Crippen molar-refractivity contribution in [1.82, 2.24) is 5.32 Å². The smallest absolute Gasteiger partial charge is 0.225 e. The molecule has 1 aromatic carbocycles. The number of hydrogen-bond donors (Lipinski definition) is 2. The minimum absolute atomic E-state index is 0.0758. The SMILES string of the molecule is O=C(NCCc1c(Cl)cccc1Cl)C1CCCC1O. The van der Waals surface area contributed by atoms with Gasteiger partial charge in [-0.25, -0.2) is 0 Å². The fourth-order valence-corrected chi connectivity index (χ4v) is 3.05. The number of aliphatic hydroxyl groups is 1. The highest BCUT2D eigenvalue weighted by Crippen LogP contribution is 2.26. The molecule has 0 bridgehead atoms. The van der Waals surface area contributed by atoms with Crippen molar-refractivity contribution in [2.45, 2.75) is 31.8 Å². The summed E-state index contributed by atoms with van der Waals surface area (Å²) in [6, 6.07) is 5.36. The molecule has 1 aliphatic rings. The first kappa shape index (κ1) is 14.6. The van der Waals surface area contributed by atoms with E-state index < -0.39 is 6.10 Å². The van der Waals surface area contributed by atoms with Gasteiger partial charge in [0, 0.05) is 16.6 Å². The Hall–Kier alpha value is -0.770. The Balaban J connectivity index is 1.85. The molecule has 5 heteroatoms. The second-order valence-electron chi connectivity index (χ2n) is 4.85. The summed E-state index contributed by atoms with van der Waals surface area (Å²) >= 11 is 12.1. The molecule has 0 saturated heterocycles. The predicted molar refractivity (Wildman–Crippen MR) is 76.5 cm³/mol. The van der Waals surface area contributed by atoms with E-state index in [-0.39, 0.29) is 11.8 Å². The normalized spacial score (nSPS) is 22.5. The Morgan fingerprint density at radius 2 is 2.00 bits per heavy atom. The van der Waals surface area contributed by atoms with Crippen LogP contribution in [-0.2, 0) is 11.2 Å². The van der Waals surface area contributed by atoms with Crippen molar-refractivity contribution in [3.63, 3.8) is 0 Å². The molecule has 1 fully saturated rings. The quantitative estimate of drug-likeness (QED) is 0.898. The van der Waals surface area contributed by atoms with Crippen molar-refractivity contribution in [1.29, 1.82) is 0 Å². The molecule has 0 heterocycles. The molecule has 19 heavy (non-hydrogen) atoms. The van der Waals surface area contributed by atoms with Gasteiger partial charge in [-0.05, 0) is 43.4 Å². The number of amides is 1. The van der Waals surface area contributed by atoms with Crippen LogP contribution in [0.4, 0.5) is 0 Å². The van der Waals surface area contributed by atoms with Crippen molar-refractivity contribution in [2.24, 2.45) is 5.92 Å². The largest absolute Gasteiger partial charge is 0.392 e. The van der Waals surface area contributed by atoms with E-state index in [1.165, 1.54) is 0 Å². The highest BCUT2D eigenvalue weighted by Gasteiger charge is 2.31. The van der Waals surface area contributed by atoms with Gasteiger partial charge in [-0.1, -0.05) is 29.3 Å². The van der Waals surface area contributed by atoms with Crippen LogP contribution in [0.2, 0.25) is 10.0 Å². The summed E-state index contributed by atoms with van der Waals surface area (Å²) in [5, 5.41) is 13.7. The first-order chi connectivity index (χ1) is 9.09. The predicted octanol–water partition coefficient (Wildman–Crippen LogP) is 2.81. The lowest BCUT2D eigenvalue weighted by atomic mass is 10.1. The molecule has 1 saturated carbocycles. The number of rotatable bonds is 4. The van der Waals surface area contributed by atoms with Crippen molar-refractivity contribution < 1.29 is 9.90 Å². The maximum absolute atomic E-state index is 11.9. The first-order valence-electron chi connectivity index (χ1n) is 6.48. The van der Waals surface area contributed by atoms with Crippen LogP contribution in [0.3, 0.4) is 0 Å². The third kappa shape index (κ3) is 3.62. The van der Waals surface area contributed by atoms with E-state index >= 15 is 0 Å². The highest BCUT2D eigenvalue weighted by atomic mass is 35.5. The molecule has 0 radical (unpaired) electrons. The minimum atomic E-state index is -0.496. The lowest BCUT2D eigenvalue weighted by Gasteiger charge is -2.14. The van der Waals surface area contributed by atoms with Gasteiger partial charge in [0.15, 0.2) is 0 Å². The molecule has 2 rings (SSSR count). The molecular formula is C14H17Cl2NO2. The van der Waals surface area contributed by atoms with Crippen LogP contribution in [0.25, 0.3) is 0 Å². The van der Waals surface area contributed by atoms with E-state index in [1.54, 1.807) is 18.2 Å². The average Bonchev–Trinajstić information content (AvgIpc) is 2.79. The molecule has 0 aliphatic heterocycles. The standard InChI is InChI=1S/C14H17Cl2NO2/c15-11-4-2-5-12(16)9(11)7-8-17-14(19)10-3-1-6-13(10)18/h2,4-5,10,13,18H,1,3,6-8H2,(H,17,19). The van der Waals surface area contributed by atoms with Gasteiger partial charge in [0.1, 0.15) is 0 Å². The Labute approximate surface area is 122 Å². The number of aliphatic hydroxyl groups excluding tert-OH is 1. The zero-order valence-corrected chi connectivity index (χ0v) is 12.0. The number of hydrogen-bond acceptors (Lipinski definition) is 2. The molecule has 2 atom stereocenters. The number of carbonyl (C=O) groups excluding carboxylic acids is 1. The van der Waals surface area contributed by atoms with E-state index in [0.29, 0.717) is 29.4 Å². The van der Waals surface area contributed by atoms with E-state index in [2.05, 4.69) is 5.32 Å². The van der Waals surface area contributed by atoms with Gasteiger partial charge in [-0.15, -0.1) is 0 Å².